The maximum atomic E-state index is 13.8. The Balaban J connectivity index is 1.37. The van der Waals surface area contributed by atoms with Gasteiger partial charge in [-0.05, 0) is 23.3 Å². The molecule has 3 heterocycles. The molecule has 0 fully saturated rings. The van der Waals surface area contributed by atoms with E-state index >= 15 is 0 Å². The van der Waals surface area contributed by atoms with Gasteiger partial charge in [-0.1, -0.05) is 95.9 Å². The predicted molar refractivity (Wildman–Crippen MR) is 149 cm³/mol. The molecular formula is C29H21N3O5S2. The summed E-state index contributed by atoms with van der Waals surface area (Å²) >= 11 is 2.73. The van der Waals surface area contributed by atoms with E-state index in [1.807, 2.05) is 48.5 Å². The van der Waals surface area contributed by atoms with Crippen LogP contribution in [0.15, 0.2) is 105 Å². The number of ketones is 1. The zero-order valence-electron chi connectivity index (χ0n) is 20.6. The summed E-state index contributed by atoms with van der Waals surface area (Å²) in [5.41, 5.74) is 2.09. The van der Waals surface area contributed by atoms with Gasteiger partial charge < -0.3 is 14.3 Å². The van der Waals surface area contributed by atoms with Crippen LogP contribution >= 0.6 is 23.1 Å². The van der Waals surface area contributed by atoms with Crippen molar-refractivity contribution in [1.29, 1.82) is 0 Å². The van der Waals surface area contributed by atoms with E-state index in [2.05, 4.69) is 10.2 Å². The molecule has 0 saturated heterocycles. The van der Waals surface area contributed by atoms with Crippen molar-refractivity contribution in [3.63, 3.8) is 0 Å². The van der Waals surface area contributed by atoms with Gasteiger partial charge in [-0.3, -0.25) is 14.5 Å². The lowest BCUT2D eigenvalue weighted by Gasteiger charge is -2.23. The van der Waals surface area contributed by atoms with Crippen molar-refractivity contribution in [3.8, 4) is 5.75 Å². The third kappa shape index (κ3) is 4.58. The average Bonchev–Trinajstić information content (AvgIpc) is 3.69. The van der Waals surface area contributed by atoms with E-state index < -0.39 is 23.5 Å². The van der Waals surface area contributed by atoms with E-state index in [0.29, 0.717) is 32.4 Å². The Morgan fingerprint density at radius 2 is 1.79 bits per heavy atom. The second kappa shape index (κ2) is 10.4. The first-order chi connectivity index (χ1) is 19.0. The molecule has 0 aliphatic carbocycles. The number of carbonyl (C=O) groups excluding carboxylic acids is 2. The van der Waals surface area contributed by atoms with Crippen molar-refractivity contribution < 1.29 is 23.8 Å². The topological polar surface area (TPSA) is 106 Å². The van der Waals surface area contributed by atoms with Crippen LogP contribution in [0.1, 0.15) is 27.7 Å². The smallest absolute Gasteiger partial charge is 0.296 e. The number of para-hydroxylation sites is 1. The van der Waals surface area contributed by atoms with Gasteiger partial charge in [0.1, 0.15) is 0 Å². The van der Waals surface area contributed by atoms with Crippen molar-refractivity contribution in [2.45, 2.75) is 16.1 Å². The monoisotopic (exact) mass is 555 g/mol. The Bertz CT molecular complexity index is 1710. The first-order valence-electron chi connectivity index (χ1n) is 12.0. The van der Waals surface area contributed by atoms with Crippen LogP contribution in [0, 0.1) is 0 Å². The van der Waals surface area contributed by atoms with Crippen molar-refractivity contribution in [3.05, 3.63) is 113 Å². The van der Waals surface area contributed by atoms with Gasteiger partial charge in [0.05, 0.1) is 18.7 Å². The molecule has 5 aromatic rings. The van der Waals surface area contributed by atoms with Crippen molar-refractivity contribution in [1.82, 2.24) is 10.2 Å². The zero-order valence-corrected chi connectivity index (χ0v) is 22.2. The minimum atomic E-state index is -0.916. The van der Waals surface area contributed by atoms with Crippen LogP contribution < -0.4 is 9.64 Å². The number of aliphatic hydroxyl groups excluding tert-OH is 1. The van der Waals surface area contributed by atoms with Gasteiger partial charge in [0.25, 0.3) is 5.91 Å². The summed E-state index contributed by atoms with van der Waals surface area (Å²) < 4.78 is 11.9. The second-order valence-corrected chi connectivity index (χ2v) is 10.9. The number of rotatable bonds is 8. The lowest BCUT2D eigenvalue weighted by Crippen LogP contribution is -2.31. The number of aromatic nitrogens is 2. The molecule has 1 aliphatic heterocycles. The first-order valence-corrected chi connectivity index (χ1v) is 13.8. The van der Waals surface area contributed by atoms with Gasteiger partial charge in [0.15, 0.2) is 27.2 Å². The molecule has 1 atom stereocenters. The number of ether oxygens (including phenoxy) is 1. The molecule has 3 aromatic carbocycles. The van der Waals surface area contributed by atoms with Crippen LogP contribution in [0.3, 0.4) is 0 Å². The van der Waals surface area contributed by atoms with E-state index in [-0.39, 0.29) is 16.5 Å². The molecule has 0 radical (unpaired) electrons. The van der Waals surface area contributed by atoms with Crippen LogP contribution in [0.5, 0.6) is 5.75 Å². The number of furan rings is 1. The number of fused-ring (bicyclic) bond motifs is 1. The van der Waals surface area contributed by atoms with Gasteiger partial charge >= 0.3 is 0 Å². The molecule has 0 saturated carbocycles. The van der Waals surface area contributed by atoms with Crippen LogP contribution in [0.2, 0.25) is 0 Å². The number of benzene rings is 3. The number of Topliss-reactive ketones (excluding diaryl/α,β-unsaturated/α-hetero) is 1. The van der Waals surface area contributed by atoms with E-state index in [9.17, 15) is 14.7 Å². The maximum Gasteiger partial charge on any atom is 0.296 e. The van der Waals surface area contributed by atoms with Crippen LogP contribution in [-0.4, -0.2) is 34.1 Å². The minimum absolute atomic E-state index is 0.0111. The van der Waals surface area contributed by atoms with Crippen LogP contribution in [-0.2, 0) is 10.5 Å². The SMILES string of the molecule is COc1cccc2cc(C(=O)C3=C(O)C(=O)N(c4nnc(SCc5ccccc5)s4)C3c3ccccc3)oc12. The standard InChI is InChI=1S/C29H21N3O5S2/c1-36-20-14-8-13-19-15-21(37-26(19)20)24(33)22-23(18-11-6-3-7-12-18)32(27(35)25(22)34)28-30-31-29(39-28)38-16-17-9-4-2-5-10-17/h2-15,23,34H,16H2,1H3. The number of methoxy groups -OCH3 is 1. The molecule has 1 aliphatic rings. The molecule has 10 heteroatoms. The summed E-state index contributed by atoms with van der Waals surface area (Å²) in [5.74, 6) is -0.815. The fourth-order valence-corrected chi connectivity index (χ4v) is 6.33. The molecule has 1 N–H and O–H groups in total. The quantitative estimate of drug-likeness (QED) is 0.134. The Morgan fingerprint density at radius 3 is 2.54 bits per heavy atom. The number of aliphatic hydroxyl groups is 1. The number of amides is 1. The van der Waals surface area contributed by atoms with Crippen molar-refractivity contribution in [2.24, 2.45) is 0 Å². The van der Waals surface area contributed by atoms with E-state index in [1.54, 1.807) is 36.4 Å². The molecule has 0 bridgehead atoms. The molecule has 8 nitrogen and oxygen atoms in total. The number of hydrogen-bond acceptors (Lipinski definition) is 9. The summed E-state index contributed by atoms with van der Waals surface area (Å²) in [4.78, 5) is 28.6. The molecule has 194 valence electrons. The average molecular weight is 556 g/mol. The number of thioether (sulfide) groups is 1. The number of carbonyl (C=O) groups is 2. The highest BCUT2D eigenvalue weighted by atomic mass is 32.2. The van der Waals surface area contributed by atoms with E-state index in [1.165, 1.54) is 35.1 Å². The molecule has 0 spiro atoms. The lowest BCUT2D eigenvalue weighted by atomic mass is 9.95. The van der Waals surface area contributed by atoms with Crippen molar-refractivity contribution >= 4 is 50.9 Å². The summed E-state index contributed by atoms with van der Waals surface area (Å²) in [5, 5.41) is 20.5. The number of anilines is 1. The van der Waals surface area contributed by atoms with Gasteiger partial charge in [0.2, 0.25) is 10.9 Å². The molecule has 39 heavy (non-hydrogen) atoms. The molecule has 1 unspecified atom stereocenters. The molecule has 1 amide bonds. The summed E-state index contributed by atoms with van der Waals surface area (Å²) in [6.07, 6.45) is 0. The highest BCUT2D eigenvalue weighted by Crippen LogP contribution is 2.44. The maximum absolute atomic E-state index is 13.8. The highest BCUT2D eigenvalue weighted by molar-refractivity contribution is 8.00. The lowest BCUT2D eigenvalue weighted by molar-refractivity contribution is -0.117. The van der Waals surface area contributed by atoms with Crippen molar-refractivity contribution in [2.75, 3.05) is 12.0 Å². The molecule has 2 aromatic heterocycles. The Labute approximate surface area is 231 Å². The normalized spacial score (nSPS) is 15.4. The fourth-order valence-electron chi connectivity index (χ4n) is 4.50. The van der Waals surface area contributed by atoms with Crippen LogP contribution in [0.25, 0.3) is 11.0 Å². The largest absolute Gasteiger partial charge is 0.503 e. The number of nitrogens with zero attached hydrogens (tertiary/aromatic N) is 3. The Hall–Kier alpha value is -4.41. The third-order valence-electron chi connectivity index (χ3n) is 6.33. The highest BCUT2D eigenvalue weighted by Gasteiger charge is 2.46. The predicted octanol–water partition coefficient (Wildman–Crippen LogP) is 6.37. The minimum Gasteiger partial charge on any atom is -0.503 e. The Morgan fingerprint density at radius 1 is 1.05 bits per heavy atom. The van der Waals surface area contributed by atoms with Gasteiger partial charge in [0, 0.05) is 11.1 Å². The third-order valence-corrected chi connectivity index (χ3v) is 8.45. The molecule has 6 rings (SSSR count). The van der Waals surface area contributed by atoms with E-state index in [0.717, 1.165) is 5.56 Å². The summed E-state index contributed by atoms with van der Waals surface area (Å²) in [6.45, 7) is 0. The zero-order chi connectivity index (χ0) is 26.9. The molecular weight excluding hydrogens is 534 g/mol. The summed E-state index contributed by atoms with van der Waals surface area (Å²) in [6, 6.07) is 25.0. The Kier molecular flexibility index (Phi) is 6.64. The second-order valence-electron chi connectivity index (χ2n) is 8.69. The van der Waals surface area contributed by atoms with Gasteiger partial charge in [-0.2, -0.15) is 0 Å². The number of hydrogen-bond donors (Lipinski definition) is 1. The van der Waals surface area contributed by atoms with Gasteiger partial charge in [-0.25, -0.2) is 0 Å². The van der Waals surface area contributed by atoms with E-state index in [4.69, 9.17) is 9.15 Å². The fraction of sp³-hybridized carbons (Fsp3) is 0.103. The summed E-state index contributed by atoms with van der Waals surface area (Å²) in [7, 11) is 1.51. The van der Waals surface area contributed by atoms with Gasteiger partial charge in [-0.15, -0.1) is 10.2 Å². The van der Waals surface area contributed by atoms with Crippen LogP contribution in [0.4, 0.5) is 5.13 Å². The first kappa shape index (κ1) is 24.9.